The fourth-order valence-electron chi connectivity index (χ4n) is 3.81. The minimum Gasteiger partial charge on any atom is -0.444 e. The van der Waals surface area contributed by atoms with Crippen molar-refractivity contribution in [2.45, 2.75) is 45.5 Å². The molecule has 2 aromatic rings. The number of nitrogens with one attached hydrogen (secondary N) is 1. The van der Waals surface area contributed by atoms with Crippen LogP contribution in [0.1, 0.15) is 49.7 Å². The van der Waals surface area contributed by atoms with Crippen molar-refractivity contribution in [2.75, 3.05) is 36.4 Å². The van der Waals surface area contributed by atoms with Crippen molar-refractivity contribution < 1.29 is 27.5 Å². The maximum absolute atomic E-state index is 13.3. The Morgan fingerprint density at radius 3 is 2.08 bits per heavy atom. The number of carbonyl (C=O) groups is 2. The Labute approximate surface area is 218 Å². The molecular weight excluding hydrogens is 518 g/mol. The highest BCUT2D eigenvalue weighted by molar-refractivity contribution is 6.34. The smallest absolute Gasteiger partial charge is 0.444 e. The molecule has 0 radical (unpaired) electrons. The minimum atomic E-state index is -5.03. The van der Waals surface area contributed by atoms with Crippen LogP contribution in [0.15, 0.2) is 36.4 Å². The molecule has 1 N–H and O–H groups in total. The molecule has 1 heterocycles. The average molecular weight is 546 g/mol. The highest BCUT2D eigenvalue weighted by atomic mass is 35.5. The maximum Gasteiger partial charge on any atom is 0.454 e. The Morgan fingerprint density at radius 1 is 0.972 bits per heavy atom. The normalized spacial score (nSPS) is 15.5. The number of rotatable bonds is 5. The molecule has 0 spiro atoms. The highest BCUT2D eigenvalue weighted by Gasteiger charge is 2.40. The van der Waals surface area contributed by atoms with Crippen molar-refractivity contribution in [1.82, 2.24) is 4.90 Å². The van der Waals surface area contributed by atoms with E-state index in [0.29, 0.717) is 47.5 Å². The summed E-state index contributed by atoms with van der Waals surface area (Å²) in [7, 11) is 0. The number of Topliss-reactive ketones (excluding diaryl/α,β-unsaturated/α-hetero) is 1. The van der Waals surface area contributed by atoms with Crippen molar-refractivity contribution in [3.05, 3.63) is 57.6 Å². The van der Waals surface area contributed by atoms with Crippen LogP contribution in [0.2, 0.25) is 10.0 Å². The molecule has 0 aliphatic carbocycles. The number of benzene rings is 2. The quantitative estimate of drug-likeness (QED) is 0.411. The monoisotopic (exact) mass is 545 g/mol. The largest absolute Gasteiger partial charge is 0.454 e. The molecule has 36 heavy (non-hydrogen) atoms. The Balaban J connectivity index is 1.84. The number of halogens is 5. The Bertz CT molecular complexity index is 1110. The zero-order chi connectivity index (χ0) is 26.8. The predicted molar refractivity (Wildman–Crippen MR) is 135 cm³/mol. The molecule has 6 nitrogen and oxygen atoms in total. The lowest BCUT2D eigenvalue weighted by atomic mass is 10.0. The second-order valence-corrected chi connectivity index (χ2v) is 10.5. The van der Waals surface area contributed by atoms with E-state index in [1.807, 2.05) is 4.90 Å². The first kappa shape index (κ1) is 27.9. The van der Waals surface area contributed by atoms with Gasteiger partial charge in [0.2, 0.25) is 0 Å². The first-order chi connectivity index (χ1) is 16.6. The number of carbonyl (C=O) groups excluding carboxylic acids is 2. The maximum atomic E-state index is 13.3. The molecule has 1 unspecified atom stereocenters. The van der Waals surface area contributed by atoms with Gasteiger partial charge in [-0.1, -0.05) is 23.2 Å². The molecular formula is C25H28Cl2F3N3O3. The van der Waals surface area contributed by atoms with Gasteiger partial charge in [0.25, 0.3) is 5.78 Å². The van der Waals surface area contributed by atoms with E-state index in [1.54, 1.807) is 50.8 Å². The molecule has 1 fully saturated rings. The van der Waals surface area contributed by atoms with Crippen molar-refractivity contribution in [2.24, 2.45) is 0 Å². The number of hydrogen-bond acceptors (Lipinski definition) is 5. The molecule has 1 atom stereocenters. The molecule has 1 aliphatic rings. The molecule has 0 saturated carbocycles. The topological polar surface area (TPSA) is 61.9 Å². The summed E-state index contributed by atoms with van der Waals surface area (Å²) in [4.78, 5) is 28.0. The summed E-state index contributed by atoms with van der Waals surface area (Å²) in [6, 6.07) is 8.52. The van der Waals surface area contributed by atoms with E-state index >= 15 is 0 Å². The van der Waals surface area contributed by atoms with Crippen LogP contribution in [0.25, 0.3) is 0 Å². The third kappa shape index (κ3) is 7.20. The van der Waals surface area contributed by atoms with Crippen LogP contribution in [0.5, 0.6) is 0 Å². The van der Waals surface area contributed by atoms with E-state index in [4.69, 9.17) is 27.9 Å². The zero-order valence-corrected chi connectivity index (χ0v) is 21.9. The van der Waals surface area contributed by atoms with Crippen molar-refractivity contribution >= 4 is 46.5 Å². The Kier molecular flexibility index (Phi) is 8.35. The highest BCUT2D eigenvalue weighted by Crippen LogP contribution is 2.33. The number of piperazine rings is 1. The minimum absolute atomic E-state index is 0.0352. The number of hydrogen-bond donors (Lipinski definition) is 1. The fourth-order valence-corrected chi connectivity index (χ4v) is 4.36. The third-order valence-corrected chi connectivity index (χ3v) is 6.00. The molecule has 3 rings (SSSR count). The van der Waals surface area contributed by atoms with Crippen LogP contribution >= 0.6 is 23.2 Å². The van der Waals surface area contributed by atoms with Gasteiger partial charge in [-0.05, 0) is 69.7 Å². The number of alkyl halides is 3. The van der Waals surface area contributed by atoms with E-state index in [1.165, 1.54) is 18.2 Å². The third-order valence-electron chi connectivity index (χ3n) is 5.56. The van der Waals surface area contributed by atoms with Gasteiger partial charge in [0.1, 0.15) is 5.60 Å². The summed E-state index contributed by atoms with van der Waals surface area (Å²) < 4.78 is 45.3. The van der Waals surface area contributed by atoms with Crippen molar-refractivity contribution in [1.29, 1.82) is 0 Å². The van der Waals surface area contributed by atoms with E-state index in [0.717, 1.165) is 0 Å². The SMILES string of the molecule is CC(Nc1cc(N2CCN(C(=O)OC(C)(C)C)CC2)ccc1C(=O)C(F)(F)F)c1cc(Cl)cc(Cl)c1. The number of ketones is 1. The van der Waals surface area contributed by atoms with Gasteiger partial charge in [0.15, 0.2) is 0 Å². The molecule has 196 valence electrons. The summed E-state index contributed by atoms with van der Waals surface area (Å²) in [5.41, 5.74) is 0.205. The number of nitrogens with zero attached hydrogens (tertiary/aromatic N) is 2. The predicted octanol–water partition coefficient (Wildman–Crippen LogP) is 6.97. The van der Waals surface area contributed by atoms with Gasteiger partial charge >= 0.3 is 12.3 Å². The van der Waals surface area contributed by atoms with E-state index < -0.39 is 35.3 Å². The van der Waals surface area contributed by atoms with Gasteiger partial charge < -0.3 is 19.9 Å². The van der Waals surface area contributed by atoms with E-state index in [2.05, 4.69) is 5.32 Å². The lowest BCUT2D eigenvalue weighted by Gasteiger charge is -2.37. The number of anilines is 2. The van der Waals surface area contributed by atoms with Crippen LogP contribution < -0.4 is 10.2 Å². The molecule has 2 aromatic carbocycles. The number of amides is 1. The fraction of sp³-hybridized carbons (Fsp3) is 0.440. The lowest BCUT2D eigenvalue weighted by molar-refractivity contribution is -0.0884. The van der Waals surface area contributed by atoms with Crippen LogP contribution in [-0.2, 0) is 4.74 Å². The molecule has 0 aromatic heterocycles. The first-order valence-electron chi connectivity index (χ1n) is 11.3. The van der Waals surface area contributed by atoms with Crippen LogP contribution in [0.4, 0.5) is 29.3 Å². The standard InChI is InChI=1S/C25H28Cl2F3N3O3/c1-15(16-11-17(26)13-18(27)12-16)31-21-14-19(5-6-20(21)22(34)25(28,29)30)32-7-9-33(10-8-32)23(35)36-24(2,3)4/h5-6,11-15,31H,7-10H2,1-4H3. The van der Waals surface area contributed by atoms with Crippen LogP contribution in [-0.4, -0.2) is 54.7 Å². The van der Waals surface area contributed by atoms with Crippen molar-refractivity contribution in [3.63, 3.8) is 0 Å². The summed E-state index contributed by atoms with van der Waals surface area (Å²) in [5.74, 6) is -1.94. The van der Waals surface area contributed by atoms with E-state index in [9.17, 15) is 22.8 Å². The Hall–Kier alpha value is -2.65. The second-order valence-electron chi connectivity index (χ2n) is 9.58. The van der Waals surface area contributed by atoms with Gasteiger partial charge in [-0.25, -0.2) is 4.79 Å². The first-order valence-corrected chi connectivity index (χ1v) is 12.1. The van der Waals surface area contributed by atoms with Gasteiger partial charge in [-0.15, -0.1) is 0 Å². The lowest BCUT2D eigenvalue weighted by Crippen LogP contribution is -2.50. The van der Waals surface area contributed by atoms with Crippen LogP contribution in [0.3, 0.4) is 0 Å². The number of ether oxygens (including phenoxy) is 1. The average Bonchev–Trinajstić information content (AvgIpc) is 2.76. The van der Waals surface area contributed by atoms with Gasteiger partial charge in [-0.2, -0.15) is 13.2 Å². The molecule has 11 heteroatoms. The van der Waals surface area contributed by atoms with Crippen LogP contribution in [0, 0.1) is 0 Å². The second kappa shape index (κ2) is 10.8. The summed E-state index contributed by atoms with van der Waals surface area (Å²) in [6.45, 7) is 8.77. The molecule has 1 aliphatic heterocycles. The summed E-state index contributed by atoms with van der Waals surface area (Å²) in [6.07, 6.45) is -5.44. The van der Waals surface area contributed by atoms with E-state index in [-0.39, 0.29) is 5.69 Å². The van der Waals surface area contributed by atoms with Crippen molar-refractivity contribution in [3.8, 4) is 0 Å². The Morgan fingerprint density at radius 2 is 1.56 bits per heavy atom. The zero-order valence-electron chi connectivity index (χ0n) is 20.4. The molecule has 0 bridgehead atoms. The molecule has 1 saturated heterocycles. The summed E-state index contributed by atoms with van der Waals surface area (Å²) >= 11 is 12.2. The summed E-state index contributed by atoms with van der Waals surface area (Å²) in [5, 5.41) is 3.78. The molecule has 1 amide bonds. The van der Waals surface area contributed by atoms with Gasteiger partial charge in [0, 0.05) is 53.6 Å². The van der Waals surface area contributed by atoms with Gasteiger partial charge in [0.05, 0.1) is 5.56 Å². The van der Waals surface area contributed by atoms with Gasteiger partial charge in [-0.3, -0.25) is 4.79 Å².